The van der Waals surface area contributed by atoms with Crippen LogP contribution in [-0.2, 0) is 4.79 Å². The fraction of sp³-hybridized carbons (Fsp3) is 0.364. The van der Waals surface area contributed by atoms with E-state index in [4.69, 9.17) is 9.84 Å². The van der Waals surface area contributed by atoms with E-state index in [2.05, 4.69) is 5.32 Å². The second-order valence-corrected chi connectivity index (χ2v) is 3.32. The lowest BCUT2D eigenvalue weighted by atomic mass is 10.3. The van der Waals surface area contributed by atoms with Crippen molar-refractivity contribution in [2.24, 2.45) is 0 Å². The number of ether oxygens (including phenoxy) is 1. The lowest BCUT2D eigenvalue weighted by molar-refractivity contribution is -0.139. The van der Waals surface area contributed by atoms with Gasteiger partial charge in [0, 0.05) is 6.54 Å². The molecule has 0 spiro atoms. The Morgan fingerprint density at radius 3 is 2.69 bits per heavy atom. The molecule has 0 aliphatic carbocycles. The first-order valence-corrected chi connectivity index (χ1v) is 4.94. The molecule has 88 valence electrons. The summed E-state index contributed by atoms with van der Waals surface area (Å²) in [6, 6.07) is 5.06. The number of hydrogen-bond donors (Lipinski definition) is 2. The van der Waals surface area contributed by atoms with Crippen molar-refractivity contribution < 1.29 is 19.0 Å². The Bertz CT molecular complexity index is 340. The van der Waals surface area contributed by atoms with Gasteiger partial charge in [-0.2, -0.15) is 0 Å². The number of carbonyl (C=O) groups is 1. The summed E-state index contributed by atoms with van der Waals surface area (Å²) in [6.45, 7) is 2.31. The van der Waals surface area contributed by atoms with E-state index in [1.807, 2.05) is 0 Å². The summed E-state index contributed by atoms with van der Waals surface area (Å²) in [5.74, 6) is -0.655. The fourth-order valence-corrected chi connectivity index (χ4v) is 1.06. The van der Waals surface area contributed by atoms with Gasteiger partial charge >= 0.3 is 5.97 Å². The smallest absolute Gasteiger partial charge is 0.320 e. The first kappa shape index (κ1) is 12.4. The maximum atomic E-state index is 12.5. The second kappa shape index (κ2) is 6.07. The summed E-state index contributed by atoms with van der Waals surface area (Å²) in [6.07, 6.45) is 0. The Hall–Kier alpha value is -1.62. The van der Waals surface area contributed by atoms with Crippen molar-refractivity contribution in [3.63, 3.8) is 0 Å². The van der Waals surface area contributed by atoms with E-state index < -0.39 is 12.0 Å². The first-order chi connectivity index (χ1) is 7.59. The molecule has 1 aromatic rings. The van der Waals surface area contributed by atoms with Crippen LogP contribution in [0.15, 0.2) is 24.3 Å². The largest absolute Gasteiger partial charge is 0.492 e. The number of halogens is 1. The Balaban J connectivity index is 2.21. The molecule has 1 atom stereocenters. The topological polar surface area (TPSA) is 58.6 Å². The standard InChI is InChI=1S/C11H14FNO3/c1-8(11(14)15)13-6-7-16-10-4-2-9(12)3-5-10/h2-5,8,13H,6-7H2,1H3,(H,14,15)/t8-/m0/s1. The summed E-state index contributed by atoms with van der Waals surface area (Å²) >= 11 is 0. The van der Waals surface area contributed by atoms with Crippen LogP contribution in [0.2, 0.25) is 0 Å². The SMILES string of the molecule is C[C@H](NCCOc1ccc(F)cc1)C(=O)O. The van der Waals surface area contributed by atoms with E-state index >= 15 is 0 Å². The lowest BCUT2D eigenvalue weighted by Gasteiger charge is -2.10. The molecule has 4 nitrogen and oxygen atoms in total. The number of carboxylic acid groups (broad SMARTS) is 1. The van der Waals surface area contributed by atoms with Crippen LogP contribution in [-0.4, -0.2) is 30.3 Å². The minimum atomic E-state index is -0.901. The number of aliphatic carboxylic acids is 1. The summed E-state index contributed by atoms with van der Waals surface area (Å²) in [7, 11) is 0. The van der Waals surface area contributed by atoms with Crippen LogP contribution < -0.4 is 10.1 Å². The van der Waals surface area contributed by atoms with E-state index in [9.17, 15) is 9.18 Å². The van der Waals surface area contributed by atoms with Gasteiger partial charge in [0.05, 0.1) is 0 Å². The summed E-state index contributed by atoms with van der Waals surface area (Å²) in [4.78, 5) is 10.5. The van der Waals surface area contributed by atoms with Gasteiger partial charge in [0.15, 0.2) is 0 Å². The second-order valence-electron chi connectivity index (χ2n) is 3.32. The Morgan fingerprint density at radius 1 is 1.50 bits per heavy atom. The van der Waals surface area contributed by atoms with Gasteiger partial charge in [-0.25, -0.2) is 4.39 Å². The van der Waals surface area contributed by atoms with Gasteiger partial charge < -0.3 is 15.2 Å². The minimum absolute atomic E-state index is 0.315. The molecule has 0 bridgehead atoms. The van der Waals surface area contributed by atoms with Crippen molar-refractivity contribution in [3.8, 4) is 5.75 Å². The zero-order valence-electron chi connectivity index (χ0n) is 8.94. The number of hydrogen-bond acceptors (Lipinski definition) is 3. The fourth-order valence-electron chi connectivity index (χ4n) is 1.06. The molecule has 0 amide bonds. The molecule has 0 saturated carbocycles. The summed E-state index contributed by atoms with van der Waals surface area (Å²) in [5, 5.41) is 11.3. The third kappa shape index (κ3) is 4.27. The molecule has 0 heterocycles. The van der Waals surface area contributed by atoms with Crippen molar-refractivity contribution in [1.29, 1.82) is 0 Å². The molecule has 16 heavy (non-hydrogen) atoms. The molecule has 5 heteroatoms. The van der Waals surface area contributed by atoms with Crippen molar-refractivity contribution in [2.45, 2.75) is 13.0 Å². The average molecular weight is 227 g/mol. The maximum Gasteiger partial charge on any atom is 0.320 e. The van der Waals surface area contributed by atoms with Crippen LogP contribution in [0.5, 0.6) is 5.75 Å². The zero-order chi connectivity index (χ0) is 12.0. The number of carboxylic acids is 1. The molecule has 1 aromatic carbocycles. The number of nitrogens with one attached hydrogen (secondary N) is 1. The third-order valence-corrected chi connectivity index (χ3v) is 2.01. The molecule has 0 radical (unpaired) electrons. The lowest BCUT2D eigenvalue weighted by Crippen LogP contribution is -2.36. The molecule has 0 fully saturated rings. The molecule has 0 aliphatic heterocycles. The van der Waals surface area contributed by atoms with Gasteiger partial charge in [-0.1, -0.05) is 0 Å². The Kier molecular flexibility index (Phi) is 4.72. The van der Waals surface area contributed by atoms with Crippen molar-refractivity contribution in [2.75, 3.05) is 13.2 Å². The van der Waals surface area contributed by atoms with Crippen molar-refractivity contribution >= 4 is 5.97 Å². The van der Waals surface area contributed by atoms with Gasteiger partial charge in [-0.05, 0) is 31.2 Å². The highest BCUT2D eigenvalue weighted by molar-refractivity contribution is 5.72. The van der Waals surface area contributed by atoms with Gasteiger partial charge in [0.1, 0.15) is 24.2 Å². The summed E-state index contributed by atoms with van der Waals surface area (Å²) in [5.41, 5.74) is 0. The molecule has 0 saturated heterocycles. The van der Waals surface area contributed by atoms with E-state index in [-0.39, 0.29) is 5.82 Å². The Morgan fingerprint density at radius 2 is 2.12 bits per heavy atom. The highest BCUT2D eigenvalue weighted by Gasteiger charge is 2.08. The van der Waals surface area contributed by atoms with Crippen LogP contribution in [0, 0.1) is 5.82 Å². The van der Waals surface area contributed by atoms with Crippen molar-refractivity contribution in [1.82, 2.24) is 5.32 Å². The molecule has 2 N–H and O–H groups in total. The van der Waals surface area contributed by atoms with Gasteiger partial charge in [-0.3, -0.25) is 4.79 Å². The van der Waals surface area contributed by atoms with E-state index in [0.29, 0.717) is 18.9 Å². The number of rotatable bonds is 6. The minimum Gasteiger partial charge on any atom is -0.492 e. The Labute approximate surface area is 93.0 Å². The molecule has 0 aromatic heterocycles. The van der Waals surface area contributed by atoms with Gasteiger partial charge in [-0.15, -0.1) is 0 Å². The quantitative estimate of drug-likeness (QED) is 0.718. The average Bonchev–Trinajstić information content (AvgIpc) is 2.26. The normalized spacial score (nSPS) is 12.1. The maximum absolute atomic E-state index is 12.5. The highest BCUT2D eigenvalue weighted by Crippen LogP contribution is 2.10. The molecule has 0 aliphatic rings. The highest BCUT2D eigenvalue weighted by atomic mass is 19.1. The van der Waals surface area contributed by atoms with Gasteiger partial charge in [0.25, 0.3) is 0 Å². The van der Waals surface area contributed by atoms with E-state index in [0.717, 1.165) is 0 Å². The molecular weight excluding hydrogens is 213 g/mol. The van der Waals surface area contributed by atoms with E-state index in [1.54, 1.807) is 6.92 Å². The monoisotopic (exact) mass is 227 g/mol. The first-order valence-electron chi connectivity index (χ1n) is 4.94. The number of benzene rings is 1. The van der Waals surface area contributed by atoms with Crippen LogP contribution in [0.25, 0.3) is 0 Å². The third-order valence-electron chi connectivity index (χ3n) is 2.01. The van der Waals surface area contributed by atoms with Crippen LogP contribution in [0.3, 0.4) is 0 Å². The molecular formula is C11H14FNO3. The molecule has 0 unspecified atom stereocenters. The predicted octanol–water partition coefficient (Wildman–Crippen LogP) is 1.27. The van der Waals surface area contributed by atoms with Gasteiger partial charge in [0.2, 0.25) is 0 Å². The summed E-state index contributed by atoms with van der Waals surface area (Å²) < 4.78 is 17.8. The zero-order valence-corrected chi connectivity index (χ0v) is 8.94. The van der Waals surface area contributed by atoms with Crippen LogP contribution in [0.1, 0.15) is 6.92 Å². The van der Waals surface area contributed by atoms with E-state index in [1.165, 1.54) is 24.3 Å². The van der Waals surface area contributed by atoms with Crippen LogP contribution in [0.4, 0.5) is 4.39 Å². The predicted molar refractivity (Wildman–Crippen MR) is 57.0 cm³/mol. The van der Waals surface area contributed by atoms with Crippen LogP contribution >= 0.6 is 0 Å². The molecule has 1 rings (SSSR count). The van der Waals surface area contributed by atoms with Crippen molar-refractivity contribution in [3.05, 3.63) is 30.1 Å².